The number of rotatable bonds is 4. The summed E-state index contributed by atoms with van der Waals surface area (Å²) >= 11 is 3.43. The van der Waals surface area contributed by atoms with E-state index < -0.39 is 0 Å². The fourth-order valence-corrected chi connectivity index (χ4v) is 3.63. The molecule has 3 nitrogen and oxygen atoms in total. The Labute approximate surface area is 123 Å². The highest BCUT2D eigenvalue weighted by Crippen LogP contribution is 2.31. The summed E-state index contributed by atoms with van der Waals surface area (Å²) in [5, 5.41) is 3.50. The molecule has 0 radical (unpaired) electrons. The molecule has 3 atom stereocenters. The average Bonchev–Trinajstić information content (AvgIpc) is 2.97. The van der Waals surface area contributed by atoms with Gasteiger partial charge in [-0.25, -0.2) is 0 Å². The van der Waals surface area contributed by atoms with Gasteiger partial charge in [-0.3, -0.25) is 4.90 Å². The maximum atomic E-state index is 5.82. The van der Waals surface area contributed by atoms with Crippen molar-refractivity contribution in [3.63, 3.8) is 0 Å². The highest BCUT2D eigenvalue weighted by Gasteiger charge is 2.41. The second-order valence-electron chi connectivity index (χ2n) is 5.62. The molecule has 0 spiro atoms. The standard InChI is InChI=1S/C15H21BrN2O/c1-11-15-9-17-8-12(15)10-18(11)6-7-19-14-4-2-13(16)3-5-14/h2-5,11-12,15,17H,6-10H2,1H3. The van der Waals surface area contributed by atoms with Crippen LogP contribution in [0, 0.1) is 11.8 Å². The van der Waals surface area contributed by atoms with E-state index >= 15 is 0 Å². The minimum absolute atomic E-state index is 0.688. The van der Waals surface area contributed by atoms with Crippen LogP contribution in [0.15, 0.2) is 28.7 Å². The molecule has 0 bridgehead atoms. The van der Waals surface area contributed by atoms with Crippen LogP contribution < -0.4 is 10.1 Å². The van der Waals surface area contributed by atoms with Crippen LogP contribution in [0.4, 0.5) is 0 Å². The van der Waals surface area contributed by atoms with Crippen molar-refractivity contribution in [2.24, 2.45) is 11.8 Å². The first-order chi connectivity index (χ1) is 9.24. The third kappa shape index (κ3) is 2.96. The van der Waals surface area contributed by atoms with Gasteiger partial charge in [0.15, 0.2) is 0 Å². The number of benzene rings is 1. The highest BCUT2D eigenvalue weighted by atomic mass is 79.9. The zero-order chi connectivity index (χ0) is 13.2. The van der Waals surface area contributed by atoms with E-state index in [4.69, 9.17) is 4.74 Å². The van der Waals surface area contributed by atoms with Crippen LogP contribution in [0.5, 0.6) is 5.75 Å². The number of likely N-dealkylation sites (tertiary alicyclic amines) is 1. The Morgan fingerprint density at radius 2 is 2.11 bits per heavy atom. The van der Waals surface area contributed by atoms with Crippen molar-refractivity contribution in [1.82, 2.24) is 10.2 Å². The molecule has 3 unspecified atom stereocenters. The van der Waals surface area contributed by atoms with Gasteiger partial charge in [0, 0.05) is 23.6 Å². The van der Waals surface area contributed by atoms with Gasteiger partial charge in [-0.2, -0.15) is 0 Å². The lowest BCUT2D eigenvalue weighted by atomic mass is 9.95. The van der Waals surface area contributed by atoms with E-state index in [1.165, 1.54) is 19.6 Å². The minimum atomic E-state index is 0.688. The summed E-state index contributed by atoms with van der Waals surface area (Å²) in [7, 11) is 0. The SMILES string of the molecule is CC1C2CNCC2CN1CCOc1ccc(Br)cc1. The largest absolute Gasteiger partial charge is 0.492 e. The smallest absolute Gasteiger partial charge is 0.119 e. The fourth-order valence-electron chi connectivity index (χ4n) is 3.36. The van der Waals surface area contributed by atoms with E-state index in [0.717, 1.165) is 35.2 Å². The van der Waals surface area contributed by atoms with Gasteiger partial charge < -0.3 is 10.1 Å². The molecule has 0 aromatic heterocycles. The van der Waals surface area contributed by atoms with Crippen molar-refractivity contribution < 1.29 is 4.74 Å². The van der Waals surface area contributed by atoms with E-state index in [0.29, 0.717) is 6.04 Å². The summed E-state index contributed by atoms with van der Waals surface area (Å²) in [4.78, 5) is 2.58. The van der Waals surface area contributed by atoms with Crippen molar-refractivity contribution >= 4 is 15.9 Å². The second-order valence-corrected chi connectivity index (χ2v) is 6.54. The van der Waals surface area contributed by atoms with E-state index in [-0.39, 0.29) is 0 Å². The van der Waals surface area contributed by atoms with Crippen molar-refractivity contribution in [3.05, 3.63) is 28.7 Å². The lowest BCUT2D eigenvalue weighted by Crippen LogP contribution is -2.36. The Balaban J connectivity index is 1.46. The van der Waals surface area contributed by atoms with Crippen LogP contribution in [-0.4, -0.2) is 43.7 Å². The van der Waals surface area contributed by atoms with Crippen LogP contribution in [0.1, 0.15) is 6.92 Å². The highest BCUT2D eigenvalue weighted by molar-refractivity contribution is 9.10. The van der Waals surface area contributed by atoms with Crippen LogP contribution in [-0.2, 0) is 0 Å². The number of hydrogen-bond acceptors (Lipinski definition) is 3. The van der Waals surface area contributed by atoms with E-state index in [9.17, 15) is 0 Å². The van der Waals surface area contributed by atoms with Crippen LogP contribution in [0.3, 0.4) is 0 Å². The van der Waals surface area contributed by atoms with Gasteiger partial charge in [-0.05, 0) is 56.1 Å². The van der Waals surface area contributed by atoms with E-state index in [1.54, 1.807) is 0 Å². The monoisotopic (exact) mass is 324 g/mol. The Morgan fingerprint density at radius 1 is 1.32 bits per heavy atom. The van der Waals surface area contributed by atoms with Crippen LogP contribution in [0.25, 0.3) is 0 Å². The van der Waals surface area contributed by atoms with Gasteiger partial charge in [-0.1, -0.05) is 15.9 Å². The van der Waals surface area contributed by atoms with E-state index in [1.807, 2.05) is 24.3 Å². The molecule has 0 saturated carbocycles. The fraction of sp³-hybridized carbons (Fsp3) is 0.600. The van der Waals surface area contributed by atoms with E-state index in [2.05, 4.69) is 33.1 Å². The molecule has 104 valence electrons. The summed E-state index contributed by atoms with van der Waals surface area (Å²) in [6.07, 6.45) is 0. The third-order valence-corrected chi connectivity index (χ3v) is 5.05. The van der Waals surface area contributed by atoms with Gasteiger partial charge in [-0.15, -0.1) is 0 Å². The van der Waals surface area contributed by atoms with Gasteiger partial charge in [0.05, 0.1) is 0 Å². The summed E-state index contributed by atoms with van der Waals surface area (Å²) in [5.74, 6) is 2.65. The van der Waals surface area contributed by atoms with Gasteiger partial charge >= 0.3 is 0 Å². The molecule has 3 rings (SSSR count). The molecule has 2 aliphatic rings. The molecule has 2 aliphatic heterocycles. The molecule has 2 heterocycles. The van der Waals surface area contributed by atoms with Crippen LogP contribution in [0.2, 0.25) is 0 Å². The van der Waals surface area contributed by atoms with Crippen molar-refractivity contribution in [3.8, 4) is 5.75 Å². The molecule has 1 N–H and O–H groups in total. The number of ether oxygens (including phenoxy) is 1. The summed E-state index contributed by atoms with van der Waals surface area (Å²) in [5.41, 5.74) is 0. The first-order valence-corrected chi connectivity index (χ1v) is 7.86. The summed E-state index contributed by atoms with van der Waals surface area (Å²) < 4.78 is 6.91. The van der Waals surface area contributed by atoms with Gasteiger partial charge in [0.2, 0.25) is 0 Å². The van der Waals surface area contributed by atoms with Crippen LogP contribution >= 0.6 is 15.9 Å². The number of nitrogens with one attached hydrogen (secondary N) is 1. The number of hydrogen-bond donors (Lipinski definition) is 1. The predicted molar refractivity (Wildman–Crippen MR) is 80.5 cm³/mol. The van der Waals surface area contributed by atoms with Crippen molar-refractivity contribution in [2.45, 2.75) is 13.0 Å². The number of fused-ring (bicyclic) bond motifs is 1. The lowest BCUT2D eigenvalue weighted by Gasteiger charge is -2.24. The minimum Gasteiger partial charge on any atom is -0.492 e. The predicted octanol–water partition coefficient (Wildman–Crippen LogP) is 2.37. The Bertz CT molecular complexity index is 423. The molecule has 2 fully saturated rings. The first-order valence-electron chi connectivity index (χ1n) is 7.07. The zero-order valence-electron chi connectivity index (χ0n) is 11.3. The summed E-state index contributed by atoms with van der Waals surface area (Å²) in [6, 6.07) is 8.74. The average molecular weight is 325 g/mol. The quantitative estimate of drug-likeness (QED) is 0.920. The molecule has 19 heavy (non-hydrogen) atoms. The van der Waals surface area contributed by atoms with Crippen molar-refractivity contribution in [1.29, 1.82) is 0 Å². The maximum absolute atomic E-state index is 5.82. The lowest BCUT2D eigenvalue weighted by molar-refractivity contribution is 0.189. The molecule has 4 heteroatoms. The van der Waals surface area contributed by atoms with Gasteiger partial charge in [0.1, 0.15) is 12.4 Å². The molecular weight excluding hydrogens is 304 g/mol. The number of halogens is 1. The topological polar surface area (TPSA) is 24.5 Å². The summed E-state index contributed by atoms with van der Waals surface area (Å²) in [6.45, 7) is 7.78. The Hall–Kier alpha value is -0.580. The molecule has 0 amide bonds. The Morgan fingerprint density at radius 3 is 2.84 bits per heavy atom. The molecule has 1 aromatic rings. The maximum Gasteiger partial charge on any atom is 0.119 e. The first kappa shape index (κ1) is 13.4. The second kappa shape index (κ2) is 5.81. The third-order valence-electron chi connectivity index (χ3n) is 4.52. The Kier molecular flexibility index (Phi) is 4.10. The molecular formula is C15H21BrN2O. The number of nitrogens with zero attached hydrogens (tertiary/aromatic N) is 1. The molecule has 1 aromatic carbocycles. The normalized spacial score (nSPS) is 30.5. The molecule has 0 aliphatic carbocycles. The molecule has 2 saturated heterocycles. The zero-order valence-corrected chi connectivity index (χ0v) is 12.9. The van der Waals surface area contributed by atoms with Gasteiger partial charge in [0.25, 0.3) is 0 Å². The van der Waals surface area contributed by atoms with Crippen molar-refractivity contribution in [2.75, 3.05) is 32.8 Å².